The second-order valence-electron chi connectivity index (χ2n) is 9.57. The van der Waals surface area contributed by atoms with E-state index >= 15 is 0 Å². The molecule has 2 N–H and O–H groups in total. The summed E-state index contributed by atoms with van der Waals surface area (Å²) in [7, 11) is 0. The van der Waals surface area contributed by atoms with Crippen LogP contribution in [-0.4, -0.2) is 34.4 Å². The Morgan fingerprint density at radius 1 is 1.30 bits per heavy atom. The van der Waals surface area contributed by atoms with Crippen LogP contribution in [0.2, 0.25) is 0 Å². The first-order valence-electron chi connectivity index (χ1n) is 10.2. The van der Waals surface area contributed by atoms with Crippen molar-refractivity contribution in [3.8, 4) is 0 Å². The van der Waals surface area contributed by atoms with Gasteiger partial charge in [0, 0.05) is 17.3 Å². The summed E-state index contributed by atoms with van der Waals surface area (Å²) in [5, 5.41) is 20.3. The summed E-state index contributed by atoms with van der Waals surface area (Å²) in [6.45, 7) is 6.25. The lowest BCUT2D eigenvalue weighted by Gasteiger charge is -2.59. The molecule has 4 aliphatic carbocycles. The van der Waals surface area contributed by atoms with Gasteiger partial charge < -0.3 is 14.9 Å². The Balaban J connectivity index is 1.66. The lowest BCUT2D eigenvalue weighted by molar-refractivity contribution is -0.128. The molecular formula is C22H30O5. The topological polar surface area (TPSA) is 83.8 Å². The maximum absolute atomic E-state index is 11.9. The van der Waals surface area contributed by atoms with Gasteiger partial charge in [-0.15, -0.1) is 0 Å². The van der Waals surface area contributed by atoms with Crippen molar-refractivity contribution in [3.63, 3.8) is 0 Å². The molecule has 0 bridgehead atoms. The summed E-state index contributed by atoms with van der Waals surface area (Å²) in [5.74, 6) is 1.16. The molecule has 0 aromatic carbocycles. The van der Waals surface area contributed by atoms with E-state index in [1.165, 1.54) is 0 Å². The molecule has 3 saturated carbocycles. The van der Waals surface area contributed by atoms with Crippen molar-refractivity contribution in [1.29, 1.82) is 0 Å². The van der Waals surface area contributed by atoms with Gasteiger partial charge in [-0.1, -0.05) is 25.5 Å². The number of ether oxygens (including phenoxy) is 1. The molecule has 5 nitrogen and oxygen atoms in total. The largest absolute Gasteiger partial charge is 0.506 e. The zero-order valence-corrected chi connectivity index (χ0v) is 16.4. The molecule has 0 radical (unpaired) electrons. The molecule has 1 unspecified atom stereocenters. The van der Waals surface area contributed by atoms with Gasteiger partial charge in [-0.2, -0.15) is 0 Å². The molecule has 27 heavy (non-hydrogen) atoms. The highest BCUT2D eigenvalue weighted by Gasteiger charge is 2.62. The molecule has 4 aliphatic rings. The maximum atomic E-state index is 11.9. The van der Waals surface area contributed by atoms with Crippen molar-refractivity contribution in [1.82, 2.24) is 0 Å². The number of carboxylic acid groups (broad SMARTS) is 1. The number of aliphatic hydroxyl groups excluding tert-OH is 1. The van der Waals surface area contributed by atoms with Crippen LogP contribution in [0, 0.1) is 34.5 Å². The number of carbonyl (C=O) groups excluding carboxylic acids is 1. The molecule has 148 valence electrons. The Bertz CT molecular complexity index is 724. The Morgan fingerprint density at radius 2 is 2.04 bits per heavy atom. The van der Waals surface area contributed by atoms with Crippen LogP contribution in [0.15, 0.2) is 23.8 Å². The minimum atomic E-state index is -1.22. The number of carbonyl (C=O) groups is 2. The lowest BCUT2D eigenvalue weighted by atomic mass is 9.46. The predicted molar refractivity (Wildman–Crippen MR) is 100 cm³/mol. The molecule has 0 aliphatic heterocycles. The van der Waals surface area contributed by atoms with Crippen LogP contribution in [0.25, 0.3) is 0 Å². The van der Waals surface area contributed by atoms with E-state index in [4.69, 9.17) is 9.84 Å². The highest BCUT2D eigenvalue weighted by Crippen LogP contribution is 2.66. The average Bonchev–Trinajstić information content (AvgIpc) is 2.91. The normalized spacial score (nSPS) is 46.7. The van der Waals surface area contributed by atoms with Crippen molar-refractivity contribution in [3.05, 3.63) is 23.8 Å². The number of fused-ring (bicyclic) bond motifs is 5. The van der Waals surface area contributed by atoms with E-state index in [1.54, 1.807) is 12.2 Å². The third-order valence-electron chi connectivity index (χ3n) is 8.42. The van der Waals surface area contributed by atoms with Crippen molar-refractivity contribution < 1.29 is 24.5 Å². The summed E-state index contributed by atoms with van der Waals surface area (Å²) in [4.78, 5) is 22.9. The zero-order chi connectivity index (χ0) is 19.6. The van der Waals surface area contributed by atoms with Gasteiger partial charge in [0.05, 0.1) is 6.10 Å². The van der Waals surface area contributed by atoms with Gasteiger partial charge in [-0.05, 0) is 68.4 Å². The number of hydrogen-bond donors (Lipinski definition) is 2. The van der Waals surface area contributed by atoms with Gasteiger partial charge in [0.1, 0.15) is 6.10 Å². The fraction of sp³-hybridized carbons (Fsp3) is 0.727. The number of rotatable bonds is 2. The smallest absolute Gasteiger partial charge is 0.450 e. The molecule has 0 heterocycles. The molecule has 0 aromatic rings. The minimum Gasteiger partial charge on any atom is -0.450 e. The summed E-state index contributed by atoms with van der Waals surface area (Å²) >= 11 is 0. The van der Waals surface area contributed by atoms with Crippen molar-refractivity contribution in [2.24, 2.45) is 34.5 Å². The first-order valence-corrected chi connectivity index (χ1v) is 10.2. The van der Waals surface area contributed by atoms with Crippen molar-refractivity contribution in [2.75, 3.05) is 0 Å². The zero-order valence-electron chi connectivity index (χ0n) is 16.4. The van der Waals surface area contributed by atoms with E-state index in [-0.39, 0.29) is 34.6 Å². The van der Waals surface area contributed by atoms with Gasteiger partial charge >= 0.3 is 6.16 Å². The van der Waals surface area contributed by atoms with Crippen LogP contribution in [0.4, 0.5) is 4.79 Å². The summed E-state index contributed by atoms with van der Waals surface area (Å²) in [5.41, 5.74) is 0.802. The number of ketones is 1. The van der Waals surface area contributed by atoms with E-state index in [0.717, 1.165) is 31.3 Å². The minimum absolute atomic E-state index is 0.0524. The second-order valence-corrected chi connectivity index (χ2v) is 9.57. The molecule has 3 fully saturated rings. The van der Waals surface area contributed by atoms with E-state index in [9.17, 15) is 14.7 Å². The average molecular weight is 374 g/mol. The molecule has 0 amide bonds. The van der Waals surface area contributed by atoms with Crippen LogP contribution < -0.4 is 0 Å². The van der Waals surface area contributed by atoms with E-state index in [2.05, 4.69) is 13.8 Å². The standard InChI is InChI=1S/C22H30O5/c1-12(27-20(25)26)16-6-7-17-15-5-4-13-10-14(23)8-9-21(13,2)19(15)18(24)11-22(16,17)3/h8-10,12,15-19,24H,4-7,11H2,1-3H3,(H,25,26)/t12?,15-,16+,17-,18-,19+,21-,22+/m0/s1. The number of allylic oxidation sites excluding steroid dienone is 4. The van der Waals surface area contributed by atoms with Gasteiger partial charge in [0.2, 0.25) is 0 Å². The van der Waals surface area contributed by atoms with Crippen LogP contribution in [-0.2, 0) is 9.53 Å². The van der Waals surface area contributed by atoms with Crippen LogP contribution >= 0.6 is 0 Å². The van der Waals surface area contributed by atoms with Crippen LogP contribution in [0.3, 0.4) is 0 Å². The molecule has 8 atom stereocenters. The van der Waals surface area contributed by atoms with Crippen LogP contribution in [0.1, 0.15) is 52.9 Å². The molecule has 0 saturated heterocycles. The Hall–Kier alpha value is -1.62. The van der Waals surface area contributed by atoms with Crippen LogP contribution in [0.5, 0.6) is 0 Å². The highest BCUT2D eigenvalue weighted by molar-refractivity contribution is 6.01. The molecule has 5 heteroatoms. The second kappa shape index (κ2) is 6.20. The van der Waals surface area contributed by atoms with E-state index < -0.39 is 12.3 Å². The third kappa shape index (κ3) is 2.69. The molecule has 0 spiro atoms. The lowest BCUT2D eigenvalue weighted by Crippen LogP contribution is -2.56. The quantitative estimate of drug-likeness (QED) is 0.715. The first kappa shape index (κ1) is 18.7. The van der Waals surface area contributed by atoms with E-state index in [0.29, 0.717) is 18.3 Å². The number of hydrogen-bond acceptors (Lipinski definition) is 4. The van der Waals surface area contributed by atoms with Gasteiger partial charge in [-0.3, -0.25) is 4.79 Å². The first-order chi connectivity index (χ1) is 12.7. The predicted octanol–water partition coefficient (Wildman–Crippen LogP) is 3.96. The fourth-order valence-electron chi connectivity index (χ4n) is 7.38. The molecule has 0 aromatic heterocycles. The highest BCUT2D eigenvalue weighted by atomic mass is 16.7. The van der Waals surface area contributed by atoms with Crippen molar-refractivity contribution in [2.45, 2.75) is 65.1 Å². The summed E-state index contributed by atoms with van der Waals surface area (Å²) in [6.07, 6.45) is 7.98. The maximum Gasteiger partial charge on any atom is 0.506 e. The van der Waals surface area contributed by atoms with Gasteiger partial charge in [0.25, 0.3) is 0 Å². The molecular weight excluding hydrogens is 344 g/mol. The summed E-state index contributed by atoms with van der Waals surface area (Å²) < 4.78 is 5.11. The number of aliphatic hydroxyl groups is 1. The van der Waals surface area contributed by atoms with Gasteiger partial charge in [0.15, 0.2) is 5.78 Å². The third-order valence-corrected chi connectivity index (χ3v) is 8.42. The Kier molecular flexibility index (Phi) is 4.30. The fourth-order valence-corrected chi connectivity index (χ4v) is 7.38. The molecule has 4 rings (SSSR count). The van der Waals surface area contributed by atoms with E-state index in [1.807, 2.05) is 13.0 Å². The van der Waals surface area contributed by atoms with Gasteiger partial charge in [-0.25, -0.2) is 4.79 Å². The Labute approximate surface area is 160 Å². The SMILES string of the molecule is CC(OC(=O)O)[C@H]1CC[C@H]2[C@@H]3CCC4=CC(=O)C=C[C@]4(C)[C@H]3[C@@H](O)C[C@]12C. The summed E-state index contributed by atoms with van der Waals surface area (Å²) in [6, 6.07) is 0. The monoisotopic (exact) mass is 374 g/mol. The van der Waals surface area contributed by atoms with Crippen molar-refractivity contribution >= 4 is 11.9 Å². The Morgan fingerprint density at radius 3 is 2.74 bits per heavy atom.